The van der Waals surface area contributed by atoms with E-state index in [2.05, 4.69) is 32.0 Å². The van der Waals surface area contributed by atoms with Gasteiger partial charge in [0.05, 0.1) is 13.0 Å². The van der Waals surface area contributed by atoms with Gasteiger partial charge in [-0.25, -0.2) is 0 Å². The first-order valence-corrected chi connectivity index (χ1v) is 8.47. The maximum Gasteiger partial charge on any atom is 0.229 e. The number of carbonyl (C=O) groups is 1. The molecule has 0 bridgehead atoms. The van der Waals surface area contributed by atoms with Crippen LogP contribution >= 0.6 is 0 Å². The Labute approximate surface area is 139 Å². The summed E-state index contributed by atoms with van der Waals surface area (Å²) in [6, 6.07) is 12.3. The van der Waals surface area contributed by atoms with Crippen LogP contribution in [-0.4, -0.2) is 31.0 Å². The Morgan fingerprint density at radius 2 is 1.65 bits per heavy atom. The van der Waals surface area contributed by atoms with Crippen molar-refractivity contribution in [1.29, 1.82) is 0 Å². The molecular formula is C20H27NO2. The van der Waals surface area contributed by atoms with E-state index in [1.165, 1.54) is 0 Å². The minimum absolute atomic E-state index is 0.111. The van der Waals surface area contributed by atoms with Gasteiger partial charge in [0.15, 0.2) is 0 Å². The number of benzene rings is 2. The van der Waals surface area contributed by atoms with Crippen molar-refractivity contribution in [2.24, 2.45) is 0 Å². The fourth-order valence-corrected chi connectivity index (χ4v) is 2.93. The molecule has 2 aromatic carbocycles. The highest BCUT2D eigenvalue weighted by Crippen LogP contribution is 2.26. The van der Waals surface area contributed by atoms with E-state index in [4.69, 9.17) is 4.74 Å². The van der Waals surface area contributed by atoms with E-state index in [1.54, 1.807) is 7.11 Å². The van der Waals surface area contributed by atoms with Crippen molar-refractivity contribution in [3.8, 4) is 5.75 Å². The fraction of sp³-hybridized carbons (Fsp3) is 0.450. The van der Waals surface area contributed by atoms with E-state index in [0.29, 0.717) is 0 Å². The smallest absolute Gasteiger partial charge is 0.229 e. The molecule has 0 aliphatic carbocycles. The highest BCUT2D eigenvalue weighted by atomic mass is 16.5. The molecule has 0 aliphatic heterocycles. The van der Waals surface area contributed by atoms with Crippen LogP contribution < -0.4 is 4.74 Å². The molecule has 2 rings (SSSR count). The summed E-state index contributed by atoms with van der Waals surface area (Å²) in [4.78, 5) is 14.8. The summed E-state index contributed by atoms with van der Waals surface area (Å²) >= 11 is 0. The van der Waals surface area contributed by atoms with Gasteiger partial charge in [-0.2, -0.15) is 0 Å². The van der Waals surface area contributed by atoms with Crippen LogP contribution in [0.25, 0.3) is 10.8 Å². The normalized spacial score (nSPS) is 12.2. The van der Waals surface area contributed by atoms with E-state index in [0.717, 1.165) is 48.0 Å². The molecule has 1 amide bonds. The fourth-order valence-electron chi connectivity index (χ4n) is 2.93. The Morgan fingerprint density at radius 1 is 1.04 bits per heavy atom. The van der Waals surface area contributed by atoms with E-state index >= 15 is 0 Å². The summed E-state index contributed by atoms with van der Waals surface area (Å²) in [6.07, 6.45) is 1.99. The van der Waals surface area contributed by atoms with E-state index in [9.17, 15) is 4.79 Å². The Kier molecular flexibility index (Phi) is 6.03. The number of hydrogen-bond donors (Lipinski definition) is 0. The molecule has 0 N–H and O–H groups in total. The molecule has 0 heterocycles. The van der Waals surface area contributed by atoms with Crippen molar-refractivity contribution in [2.75, 3.05) is 20.2 Å². The molecule has 0 unspecified atom stereocenters. The molecular weight excluding hydrogens is 286 g/mol. The standard InChI is InChI=1S/C20H27NO2/c1-5-11-21(12-6-2)20(22)15(3)16-7-8-18-14-19(23-4)10-9-17(18)13-16/h7-10,13-15H,5-6,11-12H2,1-4H3/t15-/m0/s1. The minimum Gasteiger partial charge on any atom is -0.497 e. The average Bonchev–Trinajstić information content (AvgIpc) is 2.59. The zero-order valence-corrected chi connectivity index (χ0v) is 14.6. The zero-order valence-electron chi connectivity index (χ0n) is 14.6. The number of hydrogen-bond acceptors (Lipinski definition) is 2. The first-order valence-electron chi connectivity index (χ1n) is 8.47. The van der Waals surface area contributed by atoms with Gasteiger partial charge >= 0.3 is 0 Å². The van der Waals surface area contributed by atoms with Crippen LogP contribution in [0.2, 0.25) is 0 Å². The van der Waals surface area contributed by atoms with Crippen molar-refractivity contribution in [3.63, 3.8) is 0 Å². The molecule has 3 heteroatoms. The average molecular weight is 313 g/mol. The second-order valence-corrected chi connectivity index (χ2v) is 6.02. The van der Waals surface area contributed by atoms with Gasteiger partial charge in [0, 0.05) is 13.1 Å². The Bertz CT molecular complexity index is 660. The van der Waals surface area contributed by atoms with E-state index in [1.807, 2.05) is 30.0 Å². The van der Waals surface area contributed by atoms with Crippen molar-refractivity contribution in [3.05, 3.63) is 42.0 Å². The van der Waals surface area contributed by atoms with Gasteiger partial charge in [0.2, 0.25) is 5.91 Å². The molecule has 0 aliphatic rings. The van der Waals surface area contributed by atoms with E-state index < -0.39 is 0 Å². The molecule has 0 saturated carbocycles. The third-order valence-electron chi connectivity index (χ3n) is 4.24. The van der Waals surface area contributed by atoms with Crippen molar-refractivity contribution in [1.82, 2.24) is 4.90 Å². The number of methoxy groups -OCH3 is 1. The van der Waals surface area contributed by atoms with Crippen LogP contribution in [0.5, 0.6) is 5.75 Å². The summed E-state index contributed by atoms with van der Waals surface area (Å²) in [6.45, 7) is 7.91. The van der Waals surface area contributed by atoms with Gasteiger partial charge in [-0.05, 0) is 48.2 Å². The van der Waals surface area contributed by atoms with Crippen LogP contribution in [0.1, 0.15) is 45.1 Å². The number of fused-ring (bicyclic) bond motifs is 1. The number of amides is 1. The number of nitrogens with zero attached hydrogens (tertiary/aromatic N) is 1. The van der Waals surface area contributed by atoms with Gasteiger partial charge in [-0.1, -0.05) is 38.1 Å². The van der Waals surface area contributed by atoms with Crippen LogP contribution in [0.15, 0.2) is 36.4 Å². The number of ether oxygens (including phenoxy) is 1. The lowest BCUT2D eigenvalue weighted by atomic mass is 9.96. The molecule has 124 valence electrons. The van der Waals surface area contributed by atoms with Crippen LogP contribution in [0, 0.1) is 0 Å². The first-order chi connectivity index (χ1) is 11.1. The Balaban J connectivity index is 2.25. The lowest BCUT2D eigenvalue weighted by molar-refractivity contribution is -0.132. The molecule has 0 fully saturated rings. The zero-order chi connectivity index (χ0) is 16.8. The van der Waals surface area contributed by atoms with Crippen molar-refractivity contribution >= 4 is 16.7 Å². The Morgan fingerprint density at radius 3 is 2.26 bits per heavy atom. The van der Waals surface area contributed by atoms with E-state index in [-0.39, 0.29) is 11.8 Å². The van der Waals surface area contributed by atoms with Gasteiger partial charge in [-0.3, -0.25) is 4.79 Å². The largest absolute Gasteiger partial charge is 0.497 e. The predicted molar refractivity (Wildman–Crippen MR) is 96.1 cm³/mol. The van der Waals surface area contributed by atoms with Gasteiger partial charge in [0.1, 0.15) is 5.75 Å². The summed E-state index contributed by atoms with van der Waals surface area (Å²) < 4.78 is 5.26. The quantitative estimate of drug-likeness (QED) is 0.747. The molecule has 3 nitrogen and oxygen atoms in total. The number of carbonyl (C=O) groups excluding carboxylic acids is 1. The summed E-state index contributed by atoms with van der Waals surface area (Å²) in [5, 5.41) is 2.27. The summed E-state index contributed by atoms with van der Waals surface area (Å²) in [5.74, 6) is 0.965. The van der Waals surface area contributed by atoms with Gasteiger partial charge < -0.3 is 9.64 Å². The lowest BCUT2D eigenvalue weighted by Crippen LogP contribution is -2.35. The topological polar surface area (TPSA) is 29.5 Å². The molecule has 2 aromatic rings. The first kappa shape index (κ1) is 17.3. The highest BCUT2D eigenvalue weighted by molar-refractivity contribution is 5.88. The molecule has 0 spiro atoms. The summed E-state index contributed by atoms with van der Waals surface area (Å²) in [7, 11) is 1.67. The monoisotopic (exact) mass is 313 g/mol. The third-order valence-corrected chi connectivity index (χ3v) is 4.24. The molecule has 1 atom stereocenters. The second kappa shape index (κ2) is 8.00. The van der Waals surface area contributed by atoms with Crippen molar-refractivity contribution in [2.45, 2.75) is 39.5 Å². The minimum atomic E-state index is -0.111. The van der Waals surface area contributed by atoms with Gasteiger partial charge in [0.25, 0.3) is 0 Å². The van der Waals surface area contributed by atoms with Crippen LogP contribution in [0.3, 0.4) is 0 Å². The number of rotatable bonds is 7. The van der Waals surface area contributed by atoms with Crippen LogP contribution in [0.4, 0.5) is 0 Å². The lowest BCUT2D eigenvalue weighted by Gasteiger charge is -2.25. The van der Waals surface area contributed by atoms with Crippen LogP contribution in [-0.2, 0) is 4.79 Å². The Hall–Kier alpha value is -2.03. The van der Waals surface area contributed by atoms with Gasteiger partial charge in [-0.15, -0.1) is 0 Å². The third kappa shape index (κ3) is 4.04. The predicted octanol–water partition coefficient (Wildman–Crippen LogP) is 4.60. The summed E-state index contributed by atoms with van der Waals surface area (Å²) in [5.41, 5.74) is 1.07. The maximum atomic E-state index is 12.8. The molecule has 0 saturated heterocycles. The highest BCUT2D eigenvalue weighted by Gasteiger charge is 2.21. The SMILES string of the molecule is CCCN(CCC)C(=O)[C@@H](C)c1ccc2cc(OC)ccc2c1. The second-order valence-electron chi connectivity index (χ2n) is 6.02. The molecule has 23 heavy (non-hydrogen) atoms. The maximum absolute atomic E-state index is 12.8. The van der Waals surface area contributed by atoms with Crippen molar-refractivity contribution < 1.29 is 9.53 Å². The molecule has 0 aromatic heterocycles. The molecule has 0 radical (unpaired) electrons.